The third-order valence-electron chi connectivity index (χ3n) is 2.76. The van der Waals surface area contributed by atoms with Crippen molar-refractivity contribution in [1.82, 2.24) is 19.6 Å². The molecule has 0 spiro atoms. The van der Waals surface area contributed by atoms with Gasteiger partial charge in [0, 0.05) is 0 Å². The topological polar surface area (TPSA) is 72.3 Å². The van der Waals surface area contributed by atoms with E-state index in [0.29, 0.717) is 35.1 Å². The van der Waals surface area contributed by atoms with Gasteiger partial charge in [0.1, 0.15) is 0 Å². The minimum absolute atomic E-state index is 0.289. The van der Waals surface area contributed by atoms with Gasteiger partial charge in [0.25, 0.3) is 5.88 Å². The second-order valence-electron chi connectivity index (χ2n) is 4.80. The molecular formula is C13H14N4O2. The Morgan fingerprint density at radius 3 is 2.95 bits per heavy atom. The number of nitrogens with zero attached hydrogens (tertiary/aromatic N) is 3. The molecule has 0 aliphatic carbocycles. The standard InChI is InChI=1S/C13H14N4O2/c1-8(2)7-19-12-11-15-16-13(18)17(11)10-6-4-3-5-9(10)14-12/h3-6,8H,7H2,1-2H3,(H,16,18). The maximum absolute atomic E-state index is 11.8. The molecule has 0 atom stereocenters. The molecule has 0 saturated carbocycles. The van der Waals surface area contributed by atoms with Crippen molar-refractivity contribution in [2.75, 3.05) is 6.61 Å². The largest absolute Gasteiger partial charge is 0.475 e. The number of para-hydroxylation sites is 2. The Morgan fingerprint density at radius 2 is 2.16 bits per heavy atom. The molecule has 0 fully saturated rings. The average Bonchev–Trinajstić information content (AvgIpc) is 2.79. The van der Waals surface area contributed by atoms with E-state index in [-0.39, 0.29) is 5.69 Å². The SMILES string of the molecule is CC(C)COc1nc2ccccc2n2c(=O)[nH]nc12. The number of aromatic nitrogens is 4. The molecule has 2 aromatic heterocycles. The average molecular weight is 258 g/mol. The van der Waals surface area contributed by atoms with Crippen molar-refractivity contribution in [3.05, 3.63) is 34.7 Å². The van der Waals surface area contributed by atoms with Crippen LogP contribution in [0, 0.1) is 5.92 Å². The molecule has 0 saturated heterocycles. The molecule has 3 aromatic rings. The summed E-state index contributed by atoms with van der Waals surface area (Å²) in [5.41, 5.74) is 1.55. The first kappa shape index (κ1) is 11.7. The zero-order valence-electron chi connectivity index (χ0n) is 10.8. The lowest BCUT2D eigenvalue weighted by atomic mass is 10.2. The summed E-state index contributed by atoms with van der Waals surface area (Å²) in [6.07, 6.45) is 0. The number of hydrogen-bond donors (Lipinski definition) is 1. The quantitative estimate of drug-likeness (QED) is 0.774. The number of H-pyrrole nitrogens is 1. The van der Waals surface area contributed by atoms with Crippen molar-refractivity contribution in [2.24, 2.45) is 5.92 Å². The summed E-state index contributed by atoms with van der Waals surface area (Å²) in [5, 5.41) is 6.42. The van der Waals surface area contributed by atoms with Gasteiger partial charge in [0.2, 0.25) is 5.65 Å². The molecule has 6 heteroatoms. The summed E-state index contributed by atoms with van der Waals surface area (Å²) in [5.74, 6) is 0.754. The molecule has 0 aliphatic heterocycles. The zero-order chi connectivity index (χ0) is 13.4. The van der Waals surface area contributed by atoms with Crippen LogP contribution in [0.5, 0.6) is 5.88 Å². The Morgan fingerprint density at radius 1 is 1.37 bits per heavy atom. The Hall–Kier alpha value is -2.37. The van der Waals surface area contributed by atoms with E-state index >= 15 is 0 Å². The van der Waals surface area contributed by atoms with Gasteiger partial charge in [-0.05, 0) is 18.1 Å². The summed E-state index contributed by atoms with van der Waals surface area (Å²) in [6, 6.07) is 7.41. The highest BCUT2D eigenvalue weighted by atomic mass is 16.5. The maximum Gasteiger partial charge on any atom is 0.348 e. The summed E-state index contributed by atoms with van der Waals surface area (Å²) in [4.78, 5) is 16.3. The minimum atomic E-state index is -0.289. The summed E-state index contributed by atoms with van der Waals surface area (Å²) in [7, 11) is 0. The zero-order valence-corrected chi connectivity index (χ0v) is 10.8. The molecule has 1 N–H and O–H groups in total. The van der Waals surface area contributed by atoms with E-state index in [9.17, 15) is 4.79 Å². The van der Waals surface area contributed by atoms with Gasteiger partial charge in [-0.15, -0.1) is 5.10 Å². The molecular weight excluding hydrogens is 244 g/mol. The van der Waals surface area contributed by atoms with Crippen LogP contribution in [0.25, 0.3) is 16.7 Å². The Kier molecular flexibility index (Phi) is 2.70. The van der Waals surface area contributed by atoms with Crippen LogP contribution < -0.4 is 10.4 Å². The first-order valence-electron chi connectivity index (χ1n) is 6.15. The van der Waals surface area contributed by atoms with Crippen LogP contribution in [0.1, 0.15) is 13.8 Å². The van der Waals surface area contributed by atoms with Gasteiger partial charge in [0.05, 0.1) is 17.6 Å². The fraction of sp³-hybridized carbons (Fsp3) is 0.308. The van der Waals surface area contributed by atoms with Crippen LogP contribution in [0.3, 0.4) is 0 Å². The summed E-state index contributed by atoms with van der Waals surface area (Å²) < 4.78 is 7.13. The predicted molar refractivity (Wildman–Crippen MR) is 71.4 cm³/mol. The third kappa shape index (κ3) is 1.95. The number of nitrogens with one attached hydrogen (secondary N) is 1. The van der Waals surface area contributed by atoms with E-state index in [1.165, 1.54) is 4.40 Å². The molecule has 0 bridgehead atoms. The molecule has 98 valence electrons. The van der Waals surface area contributed by atoms with Gasteiger partial charge in [-0.25, -0.2) is 19.3 Å². The van der Waals surface area contributed by atoms with Crippen LogP contribution in [0.2, 0.25) is 0 Å². The van der Waals surface area contributed by atoms with E-state index in [2.05, 4.69) is 29.0 Å². The number of ether oxygens (including phenoxy) is 1. The lowest BCUT2D eigenvalue weighted by Gasteiger charge is -2.09. The highest BCUT2D eigenvalue weighted by Gasteiger charge is 2.13. The van der Waals surface area contributed by atoms with Gasteiger partial charge in [-0.1, -0.05) is 26.0 Å². The summed E-state index contributed by atoms with van der Waals surface area (Å²) >= 11 is 0. The van der Waals surface area contributed by atoms with Gasteiger partial charge in [-0.3, -0.25) is 0 Å². The summed E-state index contributed by atoms with van der Waals surface area (Å²) in [6.45, 7) is 4.63. The number of rotatable bonds is 3. The fourth-order valence-electron chi connectivity index (χ4n) is 1.91. The van der Waals surface area contributed by atoms with Crippen molar-refractivity contribution >= 4 is 16.7 Å². The van der Waals surface area contributed by atoms with Crippen LogP contribution in [0.4, 0.5) is 0 Å². The fourth-order valence-corrected chi connectivity index (χ4v) is 1.91. The van der Waals surface area contributed by atoms with Gasteiger partial charge >= 0.3 is 5.69 Å². The van der Waals surface area contributed by atoms with Crippen molar-refractivity contribution in [2.45, 2.75) is 13.8 Å². The van der Waals surface area contributed by atoms with Crippen molar-refractivity contribution < 1.29 is 4.74 Å². The van der Waals surface area contributed by atoms with E-state index < -0.39 is 0 Å². The van der Waals surface area contributed by atoms with Crippen LogP contribution in [-0.2, 0) is 0 Å². The van der Waals surface area contributed by atoms with Gasteiger partial charge in [-0.2, -0.15) is 0 Å². The van der Waals surface area contributed by atoms with E-state index in [1.54, 1.807) is 0 Å². The smallest absolute Gasteiger partial charge is 0.348 e. The first-order chi connectivity index (χ1) is 9.16. The highest BCUT2D eigenvalue weighted by molar-refractivity contribution is 5.79. The van der Waals surface area contributed by atoms with Gasteiger partial charge in [0.15, 0.2) is 0 Å². The lowest BCUT2D eigenvalue weighted by Crippen LogP contribution is -2.12. The molecule has 3 rings (SSSR count). The lowest BCUT2D eigenvalue weighted by molar-refractivity contribution is 0.264. The predicted octanol–water partition coefficient (Wildman–Crippen LogP) is 1.61. The van der Waals surface area contributed by atoms with E-state index in [0.717, 1.165) is 0 Å². The van der Waals surface area contributed by atoms with Crippen LogP contribution >= 0.6 is 0 Å². The van der Waals surface area contributed by atoms with Crippen LogP contribution in [-0.4, -0.2) is 26.2 Å². The second-order valence-corrected chi connectivity index (χ2v) is 4.80. The van der Waals surface area contributed by atoms with E-state index in [4.69, 9.17) is 4.74 Å². The number of benzene rings is 1. The Balaban J connectivity index is 2.28. The van der Waals surface area contributed by atoms with E-state index in [1.807, 2.05) is 24.3 Å². The molecule has 6 nitrogen and oxygen atoms in total. The van der Waals surface area contributed by atoms with Crippen LogP contribution in [0.15, 0.2) is 29.1 Å². The minimum Gasteiger partial charge on any atom is -0.475 e. The molecule has 1 aromatic carbocycles. The first-order valence-corrected chi connectivity index (χ1v) is 6.15. The second kappa shape index (κ2) is 4.38. The maximum atomic E-state index is 11.8. The normalized spacial score (nSPS) is 11.5. The highest BCUT2D eigenvalue weighted by Crippen LogP contribution is 2.20. The van der Waals surface area contributed by atoms with Crippen molar-refractivity contribution in [1.29, 1.82) is 0 Å². The third-order valence-corrected chi connectivity index (χ3v) is 2.76. The van der Waals surface area contributed by atoms with Gasteiger partial charge < -0.3 is 4.74 Å². The molecule has 0 radical (unpaired) electrons. The van der Waals surface area contributed by atoms with Crippen molar-refractivity contribution in [3.63, 3.8) is 0 Å². The number of fused-ring (bicyclic) bond motifs is 3. The molecule has 0 aliphatic rings. The molecule has 0 unspecified atom stereocenters. The monoisotopic (exact) mass is 258 g/mol. The Labute approximate surface area is 109 Å². The number of hydrogen-bond acceptors (Lipinski definition) is 4. The molecule has 2 heterocycles. The Bertz CT molecular complexity index is 788. The molecule has 19 heavy (non-hydrogen) atoms. The van der Waals surface area contributed by atoms with Crippen molar-refractivity contribution in [3.8, 4) is 5.88 Å². The molecule has 0 amide bonds. The number of aromatic amines is 1.